The molecular weight excluding hydrogens is 248 g/mol. The predicted octanol–water partition coefficient (Wildman–Crippen LogP) is 1.86. The van der Waals surface area contributed by atoms with Crippen LogP contribution in [-0.4, -0.2) is 51.7 Å². The Morgan fingerprint density at radius 1 is 1.11 bits per heavy atom. The quantitative estimate of drug-likeness (QED) is 0.473. The lowest BCUT2D eigenvalue weighted by atomic mass is 10.2. The van der Waals surface area contributed by atoms with Crippen molar-refractivity contribution in [2.45, 2.75) is 44.4 Å². The van der Waals surface area contributed by atoms with E-state index in [-0.39, 0.29) is 18.7 Å². The molecule has 2 aliphatic rings. The van der Waals surface area contributed by atoms with E-state index >= 15 is 0 Å². The zero-order chi connectivity index (χ0) is 13.3. The fourth-order valence-electron chi connectivity index (χ4n) is 2.00. The van der Waals surface area contributed by atoms with Crippen LogP contribution >= 0.6 is 0 Å². The minimum absolute atomic E-state index is 0.0715. The van der Waals surface area contributed by atoms with Crippen molar-refractivity contribution in [3.63, 3.8) is 0 Å². The highest BCUT2D eigenvalue weighted by atomic mass is 16.7. The lowest BCUT2D eigenvalue weighted by Gasteiger charge is -2.31. The molecule has 2 fully saturated rings. The monoisotopic (exact) mass is 272 g/mol. The Balaban J connectivity index is 1.68. The van der Waals surface area contributed by atoms with E-state index < -0.39 is 0 Å². The molecule has 2 saturated heterocycles. The summed E-state index contributed by atoms with van der Waals surface area (Å²) in [5.74, 6) is 0. The molecule has 0 aromatic heterocycles. The summed E-state index contributed by atoms with van der Waals surface area (Å²) in [6, 6.07) is 0. The summed E-state index contributed by atoms with van der Waals surface area (Å²) in [7, 11) is 0. The maximum absolute atomic E-state index is 5.89. The fraction of sp³-hybridized carbons (Fsp3) is 0.857. The van der Waals surface area contributed by atoms with E-state index in [1.165, 1.54) is 0 Å². The molecular formula is C14H24O5. The van der Waals surface area contributed by atoms with Gasteiger partial charge in [0, 0.05) is 13.0 Å². The highest BCUT2D eigenvalue weighted by molar-refractivity contribution is 4.67. The van der Waals surface area contributed by atoms with E-state index in [1.807, 2.05) is 0 Å². The summed E-state index contributed by atoms with van der Waals surface area (Å²) in [6.45, 7) is 6.67. The second-order valence-corrected chi connectivity index (χ2v) is 4.80. The lowest BCUT2D eigenvalue weighted by Crippen LogP contribution is -2.37. The third-order valence-corrected chi connectivity index (χ3v) is 3.15. The smallest absolute Gasteiger partial charge is 0.159 e. The summed E-state index contributed by atoms with van der Waals surface area (Å²) < 4.78 is 27.8. The van der Waals surface area contributed by atoms with Crippen LogP contribution in [0.1, 0.15) is 25.7 Å². The Bertz CT molecular complexity index is 248. The van der Waals surface area contributed by atoms with Gasteiger partial charge in [-0.1, -0.05) is 6.08 Å². The van der Waals surface area contributed by atoms with Crippen molar-refractivity contribution >= 4 is 0 Å². The van der Waals surface area contributed by atoms with Crippen molar-refractivity contribution in [3.05, 3.63) is 12.7 Å². The van der Waals surface area contributed by atoms with Crippen LogP contribution in [0.25, 0.3) is 0 Å². The minimum atomic E-state index is -0.128. The normalized spacial score (nSPS) is 28.6. The van der Waals surface area contributed by atoms with Crippen molar-refractivity contribution in [1.29, 1.82) is 0 Å². The van der Waals surface area contributed by atoms with Crippen LogP contribution in [0.15, 0.2) is 12.7 Å². The van der Waals surface area contributed by atoms with Crippen LogP contribution in [0, 0.1) is 0 Å². The summed E-state index contributed by atoms with van der Waals surface area (Å²) in [5.41, 5.74) is 0. The topological polar surface area (TPSA) is 46.2 Å². The number of rotatable bonds is 9. The third-order valence-electron chi connectivity index (χ3n) is 3.15. The van der Waals surface area contributed by atoms with Gasteiger partial charge >= 0.3 is 0 Å². The molecule has 5 nitrogen and oxygen atoms in total. The summed E-state index contributed by atoms with van der Waals surface area (Å²) in [4.78, 5) is 0. The first-order valence-electron chi connectivity index (χ1n) is 7.07. The van der Waals surface area contributed by atoms with Crippen molar-refractivity contribution < 1.29 is 23.7 Å². The Morgan fingerprint density at radius 3 is 2.58 bits per heavy atom. The van der Waals surface area contributed by atoms with Gasteiger partial charge in [0.25, 0.3) is 0 Å². The zero-order valence-electron chi connectivity index (χ0n) is 11.4. The second kappa shape index (κ2) is 8.66. The molecule has 0 aromatic carbocycles. The van der Waals surface area contributed by atoms with Gasteiger partial charge in [0.15, 0.2) is 12.6 Å². The molecule has 110 valence electrons. The molecule has 3 atom stereocenters. The molecule has 0 N–H and O–H groups in total. The zero-order valence-corrected chi connectivity index (χ0v) is 11.4. The molecule has 0 aliphatic carbocycles. The van der Waals surface area contributed by atoms with E-state index in [0.29, 0.717) is 19.8 Å². The summed E-state index contributed by atoms with van der Waals surface area (Å²) in [5, 5.41) is 0. The van der Waals surface area contributed by atoms with Crippen molar-refractivity contribution in [2.75, 3.05) is 33.0 Å². The van der Waals surface area contributed by atoms with Crippen LogP contribution in [0.2, 0.25) is 0 Å². The molecule has 0 spiro atoms. The van der Waals surface area contributed by atoms with Gasteiger partial charge in [-0.15, -0.1) is 6.58 Å². The molecule has 19 heavy (non-hydrogen) atoms. The molecule has 2 rings (SSSR count). The van der Waals surface area contributed by atoms with Gasteiger partial charge in [0.05, 0.1) is 26.4 Å². The molecule has 0 amide bonds. The van der Waals surface area contributed by atoms with E-state index in [2.05, 4.69) is 6.58 Å². The SMILES string of the molecule is C=CCOCC(COC1CCO1)OC1CCCCO1. The second-order valence-electron chi connectivity index (χ2n) is 4.80. The van der Waals surface area contributed by atoms with E-state index in [1.54, 1.807) is 6.08 Å². The lowest BCUT2D eigenvalue weighted by molar-refractivity contribution is -0.251. The fourth-order valence-corrected chi connectivity index (χ4v) is 2.00. The number of hydrogen-bond acceptors (Lipinski definition) is 5. The van der Waals surface area contributed by atoms with Crippen molar-refractivity contribution in [1.82, 2.24) is 0 Å². The van der Waals surface area contributed by atoms with Crippen molar-refractivity contribution in [3.8, 4) is 0 Å². The van der Waals surface area contributed by atoms with Crippen LogP contribution in [0.4, 0.5) is 0 Å². The van der Waals surface area contributed by atoms with Gasteiger partial charge in [-0.05, 0) is 19.3 Å². The number of hydrogen-bond donors (Lipinski definition) is 0. The molecule has 0 saturated carbocycles. The Morgan fingerprint density at radius 2 is 1.95 bits per heavy atom. The Labute approximate surface area is 114 Å². The first kappa shape index (κ1) is 14.9. The van der Waals surface area contributed by atoms with Gasteiger partial charge in [-0.3, -0.25) is 0 Å². The van der Waals surface area contributed by atoms with Gasteiger partial charge < -0.3 is 23.7 Å². The van der Waals surface area contributed by atoms with Gasteiger partial charge in [0.2, 0.25) is 0 Å². The van der Waals surface area contributed by atoms with E-state index in [4.69, 9.17) is 23.7 Å². The summed E-state index contributed by atoms with van der Waals surface area (Å²) in [6.07, 6.45) is 5.57. The highest BCUT2D eigenvalue weighted by Crippen LogP contribution is 2.17. The first-order chi connectivity index (χ1) is 9.38. The van der Waals surface area contributed by atoms with E-state index in [0.717, 1.165) is 38.9 Å². The predicted molar refractivity (Wildman–Crippen MR) is 69.8 cm³/mol. The molecule has 0 aromatic rings. The van der Waals surface area contributed by atoms with Crippen LogP contribution in [-0.2, 0) is 23.7 Å². The highest BCUT2D eigenvalue weighted by Gasteiger charge is 2.24. The van der Waals surface area contributed by atoms with Gasteiger partial charge in [-0.2, -0.15) is 0 Å². The average molecular weight is 272 g/mol. The maximum Gasteiger partial charge on any atom is 0.159 e. The molecule has 0 radical (unpaired) electrons. The van der Waals surface area contributed by atoms with Crippen LogP contribution < -0.4 is 0 Å². The largest absolute Gasteiger partial charge is 0.375 e. The average Bonchev–Trinajstić information content (AvgIpc) is 2.38. The molecule has 5 heteroatoms. The minimum Gasteiger partial charge on any atom is -0.375 e. The van der Waals surface area contributed by atoms with Crippen LogP contribution in [0.3, 0.4) is 0 Å². The van der Waals surface area contributed by atoms with Gasteiger partial charge in [0.1, 0.15) is 6.10 Å². The van der Waals surface area contributed by atoms with Gasteiger partial charge in [-0.25, -0.2) is 0 Å². The Kier molecular flexibility index (Phi) is 6.81. The maximum atomic E-state index is 5.89. The summed E-state index contributed by atoms with van der Waals surface area (Å²) >= 11 is 0. The molecule has 2 aliphatic heterocycles. The Hall–Kier alpha value is -0.460. The molecule has 0 bridgehead atoms. The van der Waals surface area contributed by atoms with Crippen molar-refractivity contribution in [2.24, 2.45) is 0 Å². The molecule has 2 heterocycles. The first-order valence-corrected chi connectivity index (χ1v) is 7.07. The standard InChI is InChI=1S/C14H24O5/c1-2-7-15-10-12(11-18-13-6-9-17-13)19-14-5-3-4-8-16-14/h2,12-14H,1,3-11H2. The van der Waals surface area contributed by atoms with Crippen LogP contribution in [0.5, 0.6) is 0 Å². The number of ether oxygens (including phenoxy) is 5. The molecule has 3 unspecified atom stereocenters. The van der Waals surface area contributed by atoms with E-state index in [9.17, 15) is 0 Å². The third kappa shape index (κ3) is 5.58.